The molecule has 3 aromatic rings. The van der Waals surface area contributed by atoms with Gasteiger partial charge in [0.05, 0.1) is 15.5 Å². The molecule has 0 spiro atoms. The second-order valence-corrected chi connectivity index (χ2v) is 8.05. The van der Waals surface area contributed by atoms with Crippen molar-refractivity contribution in [3.8, 4) is 5.69 Å². The SMILES string of the molecule is O=C(NCCN1C(=O)S/C(=C\c2ccc([N+](=O)[O-])cc2)C1=O)c1ccn(-c2ccc(F)cc2)n1. The summed E-state index contributed by atoms with van der Waals surface area (Å²) in [5, 5.41) is 17.0. The first-order valence-electron chi connectivity index (χ1n) is 9.91. The van der Waals surface area contributed by atoms with Gasteiger partial charge in [0.25, 0.3) is 22.7 Å². The number of benzene rings is 2. The number of hydrogen-bond donors (Lipinski definition) is 1. The third kappa shape index (κ3) is 5.02. The molecule has 0 unspecified atom stereocenters. The zero-order chi connectivity index (χ0) is 24.2. The molecular weight excluding hydrogens is 465 g/mol. The van der Waals surface area contributed by atoms with E-state index < -0.39 is 22.0 Å². The second kappa shape index (κ2) is 9.67. The standard InChI is InChI=1S/C22H16FN5O5S/c23-15-3-7-16(8-4-15)27-11-9-18(25-27)20(29)24-10-12-26-21(30)19(34-22(26)31)13-14-1-5-17(6-2-14)28(32)33/h1-9,11,13H,10,12H2,(H,24,29)/b19-13-. The summed E-state index contributed by atoms with van der Waals surface area (Å²) < 4.78 is 14.5. The highest BCUT2D eigenvalue weighted by molar-refractivity contribution is 8.18. The number of imide groups is 1. The molecule has 0 saturated carbocycles. The van der Waals surface area contributed by atoms with Gasteiger partial charge < -0.3 is 5.32 Å². The Kier molecular flexibility index (Phi) is 6.50. The highest BCUT2D eigenvalue weighted by Gasteiger charge is 2.34. The van der Waals surface area contributed by atoms with Crippen molar-refractivity contribution < 1.29 is 23.7 Å². The first-order chi connectivity index (χ1) is 16.3. The van der Waals surface area contributed by atoms with Crippen LogP contribution < -0.4 is 5.32 Å². The van der Waals surface area contributed by atoms with Crippen LogP contribution in [0.4, 0.5) is 14.9 Å². The van der Waals surface area contributed by atoms with Gasteiger partial charge in [-0.25, -0.2) is 9.07 Å². The molecule has 0 aliphatic carbocycles. The highest BCUT2D eigenvalue weighted by atomic mass is 32.2. The van der Waals surface area contributed by atoms with Crippen LogP contribution in [-0.4, -0.2) is 49.7 Å². The molecule has 1 aliphatic rings. The van der Waals surface area contributed by atoms with E-state index in [2.05, 4.69) is 10.4 Å². The minimum atomic E-state index is -0.529. The summed E-state index contributed by atoms with van der Waals surface area (Å²) in [6.45, 7) is -0.0161. The molecule has 34 heavy (non-hydrogen) atoms. The number of non-ortho nitro benzene ring substituents is 1. The average molecular weight is 481 g/mol. The third-order valence-corrected chi connectivity index (χ3v) is 5.72. The summed E-state index contributed by atoms with van der Waals surface area (Å²) in [6, 6.07) is 12.7. The average Bonchev–Trinajstić information content (AvgIpc) is 3.41. The molecule has 2 aromatic carbocycles. The van der Waals surface area contributed by atoms with E-state index in [1.165, 1.54) is 65.4 Å². The quantitative estimate of drug-likeness (QED) is 0.311. The molecule has 1 aliphatic heterocycles. The lowest BCUT2D eigenvalue weighted by Crippen LogP contribution is -2.37. The normalized spacial score (nSPS) is 14.6. The van der Waals surface area contributed by atoms with Crippen LogP contribution in [-0.2, 0) is 4.79 Å². The Morgan fingerprint density at radius 1 is 1.12 bits per heavy atom. The smallest absolute Gasteiger partial charge is 0.293 e. The van der Waals surface area contributed by atoms with E-state index in [0.717, 1.165) is 16.7 Å². The van der Waals surface area contributed by atoms with Crippen molar-refractivity contribution in [1.29, 1.82) is 0 Å². The van der Waals surface area contributed by atoms with Crippen molar-refractivity contribution >= 4 is 40.6 Å². The molecule has 0 atom stereocenters. The molecule has 3 amide bonds. The van der Waals surface area contributed by atoms with E-state index in [0.29, 0.717) is 11.3 Å². The Bertz CT molecular complexity index is 1300. The number of nitro benzene ring substituents is 1. The van der Waals surface area contributed by atoms with Crippen LogP contribution in [0.5, 0.6) is 0 Å². The van der Waals surface area contributed by atoms with Gasteiger partial charge in [0.15, 0.2) is 5.69 Å². The zero-order valence-corrected chi connectivity index (χ0v) is 18.2. The van der Waals surface area contributed by atoms with Crippen LogP contribution in [0.15, 0.2) is 65.7 Å². The van der Waals surface area contributed by atoms with Gasteiger partial charge in [-0.15, -0.1) is 0 Å². The van der Waals surface area contributed by atoms with E-state index in [1.54, 1.807) is 6.20 Å². The van der Waals surface area contributed by atoms with Crippen LogP contribution >= 0.6 is 11.8 Å². The minimum absolute atomic E-state index is 0.0189. The lowest BCUT2D eigenvalue weighted by atomic mass is 10.2. The van der Waals surface area contributed by atoms with E-state index in [-0.39, 0.29) is 35.2 Å². The molecule has 1 fully saturated rings. The number of nitro groups is 1. The monoisotopic (exact) mass is 481 g/mol. The molecule has 12 heteroatoms. The fourth-order valence-electron chi connectivity index (χ4n) is 3.09. The van der Waals surface area contributed by atoms with Gasteiger partial charge in [-0.05, 0) is 65.9 Å². The van der Waals surface area contributed by atoms with Crippen molar-refractivity contribution in [2.24, 2.45) is 0 Å². The van der Waals surface area contributed by atoms with Crippen LogP contribution in [0.3, 0.4) is 0 Å². The number of hydrogen-bond acceptors (Lipinski definition) is 7. The zero-order valence-electron chi connectivity index (χ0n) is 17.4. The first-order valence-corrected chi connectivity index (χ1v) is 10.7. The summed E-state index contributed by atoms with van der Waals surface area (Å²) in [4.78, 5) is 48.6. The van der Waals surface area contributed by atoms with Crippen LogP contribution in [0, 0.1) is 15.9 Å². The number of nitrogens with zero attached hydrogens (tertiary/aromatic N) is 4. The topological polar surface area (TPSA) is 127 Å². The van der Waals surface area contributed by atoms with Gasteiger partial charge in [-0.2, -0.15) is 5.10 Å². The maximum absolute atomic E-state index is 13.1. The Balaban J connectivity index is 1.33. The molecule has 0 bridgehead atoms. The minimum Gasteiger partial charge on any atom is -0.349 e. The number of carbonyl (C=O) groups excluding carboxylic acids is 3. The maximum Gasteiger partial charge on any atom is 0.293 e. The fraction of sp³-hybridized carbons (Fsp3) is 0.0909. The van der Waals surface area contributed by atoms with Gasteiger partial charge in [0.2, 0.25) is 0 Å². The number of nitrogens with one attached hydrogen (secondary N) is 1. The van der Waals surface area contributed by atoms with Crippen molar-refractivity contribution in [3.05, 3.63) is 92.9 Å². The molecule has 10 nitrogen and oxygen atoms in total. The Labute approximate surface area is 196 Å². The lowest BCUT2D eigenvalue weighted by Gasteiger charge is -2.12. The third-order valence-electron chi connectivity index (χ3n) is 4.81. The molecule has 1 saturated heterocycles. The summed E-state index contributed by atoms with van der Waals surface area (Å²) in [7, 11) is 0. The molecule has 1 N–H and O–H groups in total. The van der Waals surface area contributed by atoms with Crippen LogP contribution in [0.25, 0.3) is 11.8 Å². The predicted molar refractivity (Wildman–Crippen MR) is 122 cm³/mol. The van der Waals surface area contributed by atoms with Gasteiger partial charge in [-0.3, -0.25) is 29.4 Å². The molecule has 4 rings (SSSR count). The van der Waals surface area contributed by atoms with Crippen LogP contribution in [0.2, 0.25) is 0 Å². The molecule has 1 aromatic heterocycles. The number of thioether (sulfide) groups is 1. The van der Waals surface area contributed by atoms with E-state index in [4.69, 9.17) is 0 Å². The van der Waals surface area contributed by atoms with Gasteiger partial charge >= 0.3 is 0 Å². The Morgan fingerprint density at radius 2 is 1.82 bits per heavy atom. The number of rotatable bonds is 7. The maximum atomic E-state index is 13.1. The van der Waals surface area contributed by atoms with E-state index >= 15 is 0 Å². The summed E-state index contributed by atoms with van der Waals surface area (Å²) in [6.07, 6.45) is 3.04. The van der Waals surface area contributed by atoms with Crippen molar-refractivity contribution in [3.63, 3.8) is 0 Å². The predicted octanol–water partition coefficient (Wildman–Crippen LogP) is 3.39. The summed E-state index contributed by atoms with van der Waals surface area (Å²) in [5.74, 6) is -1.39. The van der Waals surface area contributed by atoms with Gasteiger partial charge in [0, 0.05) is 31.4 Å². The van der Waals surface area contributed by atoms with E-state index in [9.17, 15) is 28.9 Å². The second-order valence-electron chi connectivity index (χ2n) is 7.06. The summed E-state index contributed by atoms with van der Waals surface area (Å²) >= 11 is 0.754. The first kappa shape index (κ1) is 22.9. The largest absolute Gasteiger partial charge is 0.349 e. The molecule has 0 radical (unpaired) electrons. The Hall–Kier alpha value is -4.32. The number of aromatic nitrogens is 2. The molecule has 172 valence electrons. The number of carbonyl (C=O) groups is 3. The van der Waals surface area contributed by atoms with Crippen molar-refractivity contribution in [2.45, 2.75) is 0 Å². The van der Waals surface area contributed by atoms with Crippen molar-refractivity contribution in [2.75, 3.05) is 13.1 Å². The highest BCUT2D eigenvalue weighted by Crippen LogP contribution is 2.32. The van der Waals surface area contributed by atoms with E-state index in [1.807, 2.05) is 0 Å². The Morgan fingerprint density at radius 3 is 2.50 bits per heavy atom. The lowest BCUT2D eigenvalue weighted by molar-refractivity contribution is -0.384. The number of amides is 3. The summed E-state index contributed by atoms with van der Waals surface area (Å²) in [5.41, 5.74) is 1.17. The van der Waals surface area contributed by atoms with Crippen molar-refractivity contribution in [1.82, 2.24) is 20.0 Å². The molecular formula is C22H16FN5O5S. The van der Waals surface area contributed by atoms with Gasteiger partial charge in [0.1, 0.15) is 5.82 Å². The number of halogens is 1. The van der Waals surface area contributed by atoms with Crippen LogP contribution in [0.1, 0.15) is 16.1 Å². The fourth-order valence-corrected chi connectivity index (χ4v) is 3.96. The molecule has 2 heterocycles. The van der Waals surface area contributed by atoms with Gasteiger partial charge in [-0.1, -0.05) is 0 Å².